The van der Waals surface area contributed by atoms with E-state index in [2.05, 4.69) is 29.8 Å². The number of ketones is 1. The highest BCUT2D eigenvalue weighted by atomic mass is 79.9. The number of unbranched alkanes of at least 4 members (excludes halogenated alkanes) is 2. The fourth-order valence-electron chi connectivity index (χ4n) is 6.32. The number of carbonyl (C=O) groups excluding carboxylic acids is 1. The van der Waals surface area contributed by atoms with Gasteiger partial charge in [0.1, 0.15) is 17.3 Å². The van der Waals surface area contributed by atoms with E-state index in [4.69, 9.17) is 0 Å². The van der Waals surface area contributed by atoms with Gasteiger partial charge in [0.2, 0.25) is 0 Å². The van der Waals surface area contributed by atoms with Crippen molar-refractivity contribution in [1.82, 2.24) is 0 Å². The van der Waals surface area contributed by atoms with Gasteiger partial charge in [-0.05, 0) is 66.5 Å². The number of fused-ring (bicyclic) bond motifs is 2. The summed E-state index contributed by atoms with van der Waals surface area (Å²) in [7, 11) is 0. The smallest absolute Gasteiger partial charge is 0.137 e. The summed E-state index contributed by atoms with van der Waals surface area (Å²) in [4.78, 5) is 12.5. The van der Waals surface area contributed by atoms with Gasteiger partial charge in [-0.2, -0.15) is 0 Å². The monoisotopic (exact) mass is 448 g/mol. The number of halogens is 1. The molecule has 4 aliphatic rings. The van der Waals surface area contributed by atoms with E-state index >= 15 is 0 Å². The topological polar surface area (TPSA) is 57.5 Å². The number of Topliss-reactive ketones (excluding diaryl/α,β-unsaturated/α-hetero) is 1. The number of benzene rings is 1. The summed E-state index contributed by atoms with van der Waals surface area (Å²) in [5, 5.41) is 22.9. The summed E-state index contributed by atoms with van der Waals surface area (Å²) in [6.45, 7) is 4.32. The van der Waals surface area contributed by atoms with E-state index < -0.39 is 0 Å². The lowest BCUT2D eigenvalue weighted by Crippen LogP contribution is -2.56. The molecule has 4 aliphatic carbocycles. The number of carbonyl (C=O) groups is 1. The molecule has 4 fully saturated rings. The van der Waals surface area contributed by atoms with Gasteiger partial charge in [0.25, 0.3) is 0 Å². The van der Waals surface area contributed by atoms with Crippen molar-refractivity contribution in [3.63, 3.8) is 0 Å². The lowest BCUT2D eigenvalue weighted by molar-refractivity contribution is -0.151. The van der Waals surface area contributed by atoms with E-state index in [1.54, 1.807) is 0 Å². The highest BCUT2D eigenvalue weighted by Gasteiger charge is 2.59. The largest absolute Gasteiger partial charge is 0.508 e. The van der Waals surface area contributed by atoms with Crippen LogP contribution in [0.3, 0.4) is 0 Å². The first-order valence-electron chi connectivity index (χ1n) is 11.0. The molecule has 2 bridgehead atoms. The summed E-state index contributed by atoms with van der Waals surface area (Å²) in [6.07, 6.45) is 9.56. The number of alkyl halides is 1. The van der Waals surface area contributed by atoms with Crippen LogP contribution in [0.2, 0.25) is 0 Å². The van der Waals surface area contributed by atoms with Crippen LogP contribution in [0.25, 0.3) is 0 Å². The Bertz CT molecular complexity index is 742. The maximum absolute atomic E-state index is 12.5. The van der Waals surface area contributed by atoms with Gasteiger partial charge >= 0.3 is 0 Å². The minimum absolute atomic E-state index is 0.0256. The van der Waals surface area contributed by atoms with Crippen molar-refractivity contribution in [2.45, 2.75) is 83.0 Å². The van der Waals surface area contributed by atoms with Crippen molar-refractivity contribution in [1.29, 1.82) is 0 Å². The average Bonchev–Trinajstić information content (AvgIpc) is 2.59. The van der Waals surface area contributed by atoms with Crippen molar-refractivity contribution < 1.29 is 15.0 Å². The summed E-state index contributed by atoms with van der Waals surface area (Å²) >= 11 is 3.50. The zero-order valence-electron chi connectivity index (χ0n) is 17.1. The highest BCUT2D eigenvalue weighted by Crippen LogP contribution is 2.64. The molecule has 3 atom stereocenters. The molecule has 0 radical (unpaired) electrons. The summed E-state index contributed by atoms with van der Waals surface area (Å²) in [6, 6.07) is 3.81. The molecule has 1 aromatic carbocycles. The molecule has 0 saturated heterocycles. The third kappa shape index (κ3) is 3.11. The molecule has 0 heterocycles. The van der Waals surface area contributed by atoms with Crippen LogP contribution in [0.5, 0.6) is 11.5 Å². The first-order chi connectivity index (χ1) is 13.3. The van der Waals surface area contributed by atoms with Crippen molar-refractivity contribution >= 4 is 21.7 Å². The fraction of sp³-hybridized carbons (Fsp3) is 0.708. The molecular weight excluding hydrogens is 416 g/mol. The van der Waals surface area contributed by atoms with Crippen LogP contribution < -0.4 is 0 Å². The molecule has 0 unspecified atom stereocenters. The molecule has 4 heteroatoms. The van der Waals surface area contributed by atoms with Crippen LogP contribution in [-0.4, -0.2) is 21.3 Å². The van der Waals surface area contributed by atoms with E-state index in [9.17, 15) is 15.0 Å². The predicted molar refractivity (Wildman–Crippen MR) is 115 cm³/mol. The van der Waals surface area contributed by atoms with E-state index in [0.717, 1.165) is 36.6 Å². The zero-order chi connectivity index (χ0) is 20.1. The second-order valence-electron chi connectivity index (χ2n) is 10.1. The first kappa shape index (κ1) is 20.3. The van der Waals surface area contributed by atoms with Crippen molar-refractivity contribution in [2.75, 3.05) is 5.33 Å². The van der Waals surface area contributed by atoms with Gasteiger partial charge in [-0.25, -0.2) is 0 Å². The molecule has 28 heavy (non-hydrogen) atoms. The Morgan fingerprint density at radius 2 is 1.79 bits per heavy atom. The Kier molecular flexibility index (Phi) is 5.31. The molecule has 3 nitrogen and oxygen atoms in total. The van der Waals surface area contributed by atoms with Crippen molar-refractivity contribution in [2.24, 2.45) is 17.3 Å². The van der Waals surface area contributed by atoms with Gasteiger partial charge < -0.3 is 10.2 Å². The quantitative estimate of drug-likeness (QED) is 0.385. The first-order valence-corrected chi connectivity index (χ1v) is 12.1. The standard InChI is InChI=1S/C24H33BrO3/c1-23(2)17-14-18(23)19(26)13-16(17)22-20(27)11-15(12-21(22)28)24(8-6-9-24)7-4-3-5-10-25/h11-12,16-18,27-28H,3-10,13-14H2,1-2H3/t16-,17-,18+/m1/s1. The number of aromatic hydroxyl groups is 2. The van der Waals surface area contributed by atoms with Crippen LogP contribution in [0.1, 0.15) is 88.7 Å². The molecule has 0 aromatic heterocycles. The van der Waals surface area contributed by atoms with Gasteiger partial charge in [0, 0.05) is 29.2 Å². The third-order valence-corrected chi connectivity index (χ3v) is 8.92. The van der Waals surface area contributed by atoms with Crippen LogP contribution in [-0.2, 0) is 10.2 Å². The Morgan fingerprint density at radius 1 is 1.11 bits per heavy atom. The molecular formula is C24H33BrO3. The summed E-state index contributed by atoms with van der Waals surface area (Å²) in [5.41, 5.74) is 1.79. The average molecular weight is 449 g/mol. The van der Waals surface area contributed by atoms with Crippen LogP contribution >= 0.6 is 15.9 Å². The number of hydrogen-bond donors (Lipinski definition) is 2. The molecule has 0 amide bonds. The minimum Gasteiger partial charge on any atom is -0.508 e. The van der Waals surface area contributed by atoms with Gasteiger partial charge in [-0.3, -0.25) is 4.79 Å². The molecule has 0 aliphatic heterocycles. The maximum Gasteiger partial charge on any atom is 0.137 e. The number of rotatable bonds is 7. The van der Waals surface area contributed by atoms with Crippen LogP contribution in [0.15, 0.2) is 12.1 Å². The minimum atomic E-state index is -0.0576. The molecule has 1 aromatic rings. The predicted octanol–water partition coefficient (Wildman–Crippen LogP) is 6.19. The number of phenolic OH excluding ortho intramolecular Hbond substituents is 2. The highest BCUT2D eigenvalue weighted by molar-refractivity contribution is 9.09. The van der Waals surface area contributed by atoms with E-state index in [1.807, 2.05) is 12.1 Å². The van der Waals surface area contributed by atoms with Gasteiger partial charge in [-0.15, -0.1) is 0 Å². The van der Waals surface area contributed by atoms with Gasteiger partial charge in [0.15, 0.2) is 0 Å². The molecule has 4 saturated carbocycles. The summed E-state index contributed by atoms with van der Waals surface area (Å²) < 4.78 is 0. The van der Waals surface area contributed by atoms with Crippen LogP contribution in [0, 0.1) is 17.3 Å². The second kappa shape index (κ2) is 7.34. The SMILES string of the molecule is CC1(C)[C@@H]2C[C@H]1C(=O)C[C@H]2c1c(O)cc(C2(CCCCCBr)CCC2)cc1O. The zero-order valence-corrected chi connectivity index (χ0v) is 18.7. The van der Waals surface area contributed by atoms with Gasteiger partial charge in [-0.1, -0.05) is 49.0 Å². The molecule has 2 N–H and O–H groups in total. The van der Waals surface area contributed by atoms with Crippen LogP contribution in [0.4, 0.5) is 0 Å². The van der Waals surface area contributed by atoms with E-state index in [1.165, 1.54) is 25.7 Å². The fourth-order valence-corrected chi connectivity index (χ4v) is 6.72. The molecule has 5 rings (SSSR count). The summed E-state index contributed by atoms with van der Waals surface area (Å²) in [5.74, 6) is 1.15. The maximum atomic E-state index is 12.5. The van der Waals surface area contributed by atoms with Gasteiger partial charge in [0.05, 0.1) is 0 Å². The van der Waals surface area contributed by atoms with E-state index in [-0.39, 0.29) is 34.2 Å². The number of phenols is 2. The second-order valence-corrected chi connectivity index (χ2v) is 10.8. The van der Waals surface area contributed by atoms with Crippen molar-refractivity contribution in [3.05, 3.63) is 23.3 Å². The Hall–Kier alpha value is -1.03. The molecule has 0 spiro atoms. The lowest BCUT2D eigenvalue weighted by atomic mass is 9.44. The lowest BCUT2D eigenvalue weighted by Gasteiger charge is -2.59. The third-order valence-electron chi connectivity index (χ3n) is 8.36. The number of hydrogen-bond acceptors (Lipinski definition) is 3. The van der Waals surface area contributed by atoms with E-state index in [0.29, 0.717) is 23.7 Å². The Balaban J connectivity index is 1.60. The Morgan fingerprint density at radius 3 is 2.29 bits per heavy atom. The Labute approximate surface area is 177 Å². The molecule has 154 valence electrons. The normalized spacial score (nSPS) is 29.8. The van der Waals surface area contributed by atoms with Crippen molar-refractivity contribution in [3.8, 4) is 11.5 Å².